The molecule has 0 bridgehead atoms. The molecule has 0 saturated carbocycles. The Labute approximate surface area is 172 Å². The second-order valence-electron chi connectivity index (χ2n) is 8.61. The monoisotopic (exact) mass is 380 g/mol. The van der Waals surface area contributed by atoms with Crippen LogP contribution in [-0.2, 0) is 12.0 Å². The van der Waals surface area contributed by atoms with Crippen molar-refractivity contribution in [2.24, 2.45) is 0 Å². The van der Waals surface area contributed by atoms with Crippen molar-refractivity contribution in [1.82, 2.24) is 10.2 Å². The highest BCUT2D eigenvalue weighted by Gasteiger charge is 2.61. The van der Waals surface area contributed by atoms with Crippen LogP contribution in [0.4, 0.5) is 5.69 Å². The van der Waals surface area contributed by atoms with Crippen molar-refractivity contribution >= 4 is 11.9 Å². The van der Waals surface area contributed by atoms with E-state index in [1.54, 1.807) is 0 Å². The Morgan fingerprint density at radius 1 is 0.897 bits per heavy atom. The molecule has 3 nitrogen and oxygen atoms in total. The normalized spacial score (nSPS) is 30.0. The summed E-state index contributed by atoms with van der Waals surface area (Å²) < 4.78 is 0. The van der Waals surface area contributed by atoms with E-state index >= 15 is 0 Å². The van der Waals surface area contributed by atoms with Crippen molar-refractivity contribution < 1.29 is 4.99 Å². The molecule has 3 aromatic carbocycles. The van der Waals surface area contributed by atoms with E-state index in [1.165, 1.54) is 22.4 Å². The van der Waals surface area contributed by atoms with E-state index in [2.05, 4.69) is 106 Å². The van der Waals surface area contributed by atoms with Gasteiger partial charge < -0.3 is 5.32 Å². The fraction of sp³-hybridized carbons (Fsp3) is 0.269. The Kier molecular flexibility index (Phi) is 3.93. The molecule has 144 valence electrons. The van der Waals surface area contributed by atoms with Crippen LogP contribution in [0.5, 0.6) is 0 Å². The molecule has 4 atom stereocenters. The van der Waals surface area contributed by atoms with Crippen molar-refractivity contribution in [3.8, 4) is 0 Å². The van der Waals surface area contributed by atoms with Crippen LogP contribution in [0, 0.1) is 0 Å². The maximum absolute atomic E-state index is 3.84. The molecule has 3 heterocycles. The molecule has 0 aliphatic carbocycles. The smallest absolute Gasteiger partial charge is 0.207 e. The second-order valence-corrected chi connectivity index (χ2v) is 8.61. The van der Waals surface area contributed by atoms with E-state index in [9.17, 15) is 0 Å². The molecular weight excluding hydrogens is 354 g/mol. The first-order valence-corrected chi connectivity index (χ1v) is 10.6. The van der Waals surface area contributed by atoms with Crippen LogP contribution in [0.25, 0.3) is 0 Å². The van der Waals surface area contributed by atoms with E-state index in [1.807, 2.05) is 0 Å². The third kappa shape index (κ3) is 2.77. The summed E-state index contributed by atoms with van der Waals surface area (Å²) in [5.41, 5.74) is 5.59. The van der Waals surface area contributed by atoms with Crippen LogP contribution in [0.3, 0.4) is 0 Å². The molecule has 2 fully saturated rings. The Morgan fingerprint density at radius 3 is 2.45 bits per heavy atom. The lowest BCUT2D eigenvalue weighted by atomic mass is 9.74. The molecule has 29 heavy (non-hydrogen) atoms. The van der Waals surface area contributed by atoms with Crippen LogP contribution >= 0.6 is 0 Å². The lowest BCUT2D eigenvalue weighted by molar-refractivity contribution is -0.344. The zero-order valence-electron chi connectivity index (χ0n) is 16.5. The quantitative estimate of drug-likeness (QED) is 0.683. The second kappa shape index (κ2) is 6.65. The standard InChI is InChI=1S/C26H25N3/c1-3-9-19(10-4-1)17-29-16-15-26(18-27-22-14-8-7-13-21(22)26)25(29)24-23(28-24)20-11-5-2-6-12-20/h1-14,18,23-25,28H,15-17H2/p+1/t23?,24-,25-,26+/m1/s1. The molecular formula is C26H26N3+. The lowest BCUT2D eigenvalue weighted by Gasteiger charge is -2.32. The number of benzene rings is 3. The molecule has 2 saturated heterocycles. The van der Waals surface area contributed by atoms with E-state index in [0.29, 0.717) is 18.1 Å². The molecule has 0 aromatic heterocycles. The van der Waals surface area contributed by atoms with Gasteiger partial charge in [0.1, 0.15) is 0 Å². The summed E-state index contributed by atoms with van der Waals surface area (Å²) in [4.78, 5) is 6.31. The maximum Gasteiger partial charge on any atom is 0.207 e. The average molecular weight is 381 g/mol. The van der Waals surface area contributed by atoms with Crippen LogP contribution in [-0.4, -0.2) is 29.7 Å². The van der Waals surface area contributed by atoms with Crippen molar-refractivity contribution in [1.29, 1.82) is 0 Å². The topological polar surface area (TPSA) is 39.2 Å². The predicted octanol–water partition coefficient (Wildman–Crippen LogP) is 2.71. The van der Waals surface area contributed by atoms with Gasteiger partial charge in [0.05, 0.1) is 5.41 Å². The zero-order valence-corrected chi connectivity index (χ0v) is 16.5. The molecule has 2 N–H and O–H groups in total. The first-order valence-electron chi connectivity index (χ1n) is 10.6. The summed E-state index contributed by atoms with van der Waals surface area (Å²) in [5, 5.41) is 3.84. The van der Waals surface area contributed by atoms with Gasteiger partial charge >= 0.3 is 0 Å². The number of rotatable bonds is 4. The minimum Gasteiger partial charge on any atom is -0.302 e. The summed E-state index contributed by atoms with van der Waals surface area (Å²) in [6.45, 7) is 2.12. The highest BCUT2D eigenvalue weighted by Crippen LogP contribution is 2.49. The number of para-hydroxylation sites is 1. The van der Waals surface area contributed by atoms with Gasteiger partial charge in [0, 0.05) is 42.8 Å². The highest BCUT2D eigenvalue weighted by atomic mass is 15.3. The third-order valence-corrected chi connectivity index (χ3v) is 7.00. The number of fused-ring (bicyclic) bond motifs is 2. The third-order valence-electron chi connectivity index (χ3n) is 7.00. The average Bonchev–Trinajstić information content (AvgIpc) is 3.36. The number of hydrogen-bond acceptors (Lipinski definition) is 2. The minimum absolute atomic E-state index is 0.0621. The molecule has 3 aliphatic rings. The van der Waals surface area contributed by atoms with Gasteiger partial charge in [0.15, 0.2) is 6.21 Å². The highest BCUT2D eigenvalue weighted by molar-refractivity contribution is 5.79. The number of nitrogens with one attached hydrogen (secondary N) is 2. The van der Waals surface area contributed by atoms with Crippen molar-refractivity contribution in [2.45, 2.75) is 36.5 Å². The minimum atomic E-state index is 0.0621. The SMILES string of the molecule is C1=[NH+]c2ccccc2[C@]12CCN(Cc1ccccc1)[C@@H]2[C@@H]1NC1c1ccccc1. The van der Waals surface area contributed by atoms with Gasteiger partial charge in [0.2, 0.25) is 5.69 Å². The molecule has 3 aromatic rings. The van der Waals surface area contributed by atoms with E-state index < -0.39 is 0 Å². The zero-order chi connectivity index (χ0) is 19.3. The number of likely N-dealkylation sites (tertiary alicyclic amines) is 1. The van der Waals surface area contributed by atoms with Gasteiger partial charge in [-0.1, -0.05) is 78.9 Å². The summed E-state index contributed by atoms with van der Waals surface area (Å²) in [5.74, 6) is 0. The summed E-state index contributed by atoms with van der Waals surface area (Å²) in [6.07, 6.45) is 3.55. The van der Waals surface area contributed by atoms with Gasteiger partial charge in [-0.25, -0.2) is 4.99 Å². The molecule has 1 unspecified atom stereocenters. The maximum atomic E-state index is 3.84. The number of hydrogen-bond donors (Lipinski definition) is 2. The van der Waals surface area contributed by atoms with Gasteiger partial charge in [0.25, 0.3) is 0 Å². The van der Waals surface area contributed by atoms with Crippen LogP contribution < -0.4 is 10.3 Å². The summed E-state index contributed by atoms with van der Waals surface area (Å²) in [7, 11) is 0. The number of nitrogens with zero attached hydrogens (tertiary/aromatic N) is 1. The van der Waals surface area contributed by atoms with Gasteiger partial charge in [-0.05, 0) is 17.5 Å². The Bertz CT molecular complexity index is 1050. The van der Waals surface area contributed by atoms with Gasteiger partial charge in [-0.2, -0.15) is 0 Å². The molecule has 0 amide bonds. The molecule has 6 rings (SSSR count). The molecule has 3 aliphatic heterocycles. The van der Waals surface area contributed by atoms with Crippen LogP contribution in [0.1, 0.15) is 29.2 Å². The van der Waals surface area contributed by atoms with Crippen LogP contribution in [0.15, 0.2) is 84.9 Å². The van der Waals surface area contributed by atoms with E-state index in [0.717, 1.165) is 19.5 Å². The fourth-order valence-corrected chi connectivity index (χ4v) is 5.62. The largest absolute Gasteiger partial charge is 0.302 e. The fourth-order valence-electron chi connectivity index (χ4n) is 5.62. The van der Waals surface area contributed by atoms with Crippen molar-refractivity contribution in [2.75, 3.05) is 6.54 Å². The van der Waals surface area contributed by atoms with Crippen molar-refractivity contribution in [3.63, 3.8) is 0 Å². The van der Waals surface area contributed by atoms with E-state index in [-0.39, 0.29) is 5.41 Å². The summed E-state index contributed by atoms with van der Waals surface area (Å²) in [6, 6.07) is 32.0. The lowest BCUT2D eigenvalue weighted by Crippen LogP contribution is -2.62. The van der Waals surface area contributed by atoms with Crippen LogP contribution in [0.2, 0.25) is 0 Å². The Balaban J connectivity index is 1.38. The van der Waals surface area contributed by atoms with Gasteiger partial charge in [-0.3, -0.25) is 4.90 Å². The molecule has 3 heteroatoms. The molecule has 0 radical (unpaired) electrons. The Hall–Kier alpha value is -2.75. The first kappa shape index (κ1) is 17.1. The Morgan fingerprint density at radius 2 is 1.62 bits per heavy atom. The van der Waals surface area contributed by atoms with Crippen molar-refractivity contribution in [3.05, 3.63) is 102 Å². The predicted molar refractivity (Wildman–Crippen MR) is 116 cm³/mol. The first-order chi connectivity index (χ1) is 14.4. The van der Waals surface area contributed by atoms with Gasteiger partial charge in [-0.15, -0.1) is 0 Å². The molecule has 1 spiro atoms. The van der Waals surface area contributed by atoms with E-state index in [4.69, 9.17) is 0 Å². The summed E-state index contributed by atoms with van der Waals surface area (Å²) >= 11 is 0.